The van der Waals surface area contributed by atoms with Gasteiger partial charge in [-0.2, -0.15) is 13.2 Å². The highest BCUT2D eigenvalue weighted by Crippen LogP contribution is 2.37. The predicted octanol–water partition coefficient (Wildman–Crippen LogP) is 6.62. The molecule has 0 aliphatic carbocycles. The summed E-state index contributed by atoms with van der Waals surface area (Å²) in [6, 6.07) is 13.2. The van der Waals surface area contributed by atoms with Crippen molar-refractivity contribution in [2.24, 2.45) is 0 Å². The highest BCUT2D eigenvalue weighted by Gasteiger charge is 2.31. The highest BCUT2D eigenvalue weighted by molar-refractivity contribution is 5.56. The van der Waals surface area contributed by atoms with Crippen LogP contribution in [0.5, 0.6) is 0 Å². The van der Waals surface area contributed by atoms with Gasteiger partial charge in [0.2, 0.25) is 0 Å². The van der Waals surface area contributed by atoms with Gasteiger partial charge in [-0.1, -0.05) is 54.6 Å². The van der Waals surface area contributed by atoms with Crippen LogP contribution in [-0.2, 0) is 6.18 Å². The lowest BCUT2D eigenvalue weighted by molar-refractivity contribution is -0.137. The lowest BCUT2D eigenvalue weighted by Gasteiger charge is -2.35. The number of halogens is 3. The molecule has 0 spiro atoms. The topological polar surface area (TPSA) is 18.5 Å². The largest absolute Gasteiger partial charge is 0.416 e. The van der Waals surface area contributed by atoms with Gasteiger partial charge in [0.1, 0.15) is 0 Å². The lowest BCUT2D eigenvalue weighted by atomic mass is 9.91. The highest BCUT2D eigenvalue weighted by atomic mass is 19.4. The van der Waals surface area contributed by atoms with Gasteiger partial charge in [-0.3, -0.25) is 5.01 Å². The first-order chi connectivity index (χ1) is 14.5. The van der Waals surface area contributed by atoms with Crippen molar-refractivity contribution >= 4 is 5.69 Å². The van der Waals surface area contributed by atoms with Crippen molar-refractivity contribution in [3.05, 3.63) is 101 Å². The Morgan fingerprint density at radius 2 is 1.71 bits per heavy atom. The molecular formula is C25H30F3N3. The SMILES string of the molecule is C=CN(C)C(/C(C(=C)C)=C(/C)N(NC)c1cccc(C(F)(F)F)c1)c1ccc(C)cc1. The summed E-state index contributed by atoms with van der Waals surface area (Å²) in [5.41, 5.74) is 7.33. The van der Waals surface area contributed by atoms with Gasteiger partial charge in [0.15, 0.2) is 0 Å². The fraction of sp³-hybridized carbons (Fsp3) is 0.280. The van der Waals surface area contributed by atoms with Crippen molar-refractivity contribution in [2.45, 2.75) is 33.0 Å². The van der Waals surface area contributed by atoms with E-state index in [0.29, 0.717) is 5.69 Å². The molecule has 2 aromatic rings. The number of nitrogens with zero attached hydrogens (tertiary/aromatic N) is 2. The van der Waals surface area contributed by atoms with Crippen LogP contribution in [0, 0.1) is 6.92 Å². The smallest absolute Gasteiger partial charge is 0.370 e. The van der Waals surface area contributed by atoms with Crippen molar-refractivity contribution in [3.63, 3.8) is 0 Å². The molecule has 0 aromatic heterocycles. The van der Waals surface area contributed by atoms with Gasteiger partial charge in [-0.05, 0) is 50.7 Å². The van der Waals surface area contributed by atoms with E-state index in [1.165, 1.54) is 6.07 Å². The average Bonchev–Trinajstić information content (AvgIpc) is 2.72. The first-order valence-electron chi connectivity index (χ1n) is 9.93. The number of benzene rings is 2. The molecule has 166 valence electrons. The zero-order valence-corrected chi connectivity index (χ0v) is 18.7. The molecule has 31 heavy (non-hydrogen) atoms. The molecule has 1 N–H and O–H groups in total. The van der Waals surface area contributed by atoms with Crippen molar-refractivity contribution in [2.75, 3.05) is 19.1 Å². The fourth-order valence-electron chi connectivity index (χ4n) is 3.63. The minimum absolute atomic E-state index is 0.211. The number of hydrogen-bond donors (Lipinski definition) is 1. The number of alkyl halides is 3. The molecule has 0 aliphatic heterocycles. The number of nitrogens with one attached hydrogen (secondary N) is 1. The van der Waals surface area contributed by atoms with Crippen LogP contribution in [0.25, 0.3) is 0 Å². The number of rotatable bonds is 8. The van der Waals surface area contributed by atoms with Crippen molar-refractivity contribution in [1.82, 2.24) is 10.3 Å². The Balaban J connectivity index is 2.69. The maximum atomic E-state index is 13.3. The first-order valence-corrected chi connectivity index (χ1v) is 9.93. The van der Waals surface area contributed by atoms with Gasteiger partial charge in [-0.15, -0.1) is 0 Å². The van der Waals surface area contributed by atoms with E-state index in [-0.39, 0.29) is 6.04 Å². The van der Waals surface area contributed by atoms with E-state index in [0.717, 1.165) is 40.1 Å². The molecule has 0 saturated heterocycles. The van der Waals surface area contributed by atoms with E-state index in [9.17, 15) is 13.2 Å². The number of hydrogen-bond acceptors (Lipinski definition) is 3. The van der Waals surface area contributed by atoms with Crippen molar-refractivity contribution in [3.8, 4) is 0 Å². The molecule has 1 unspecified atom stereocenters. The summed E-state index contributed by atoms with van der Waals surface area (Å²) in [4.78, 5) is 1.97. The quantitative estimate of drug-likeness (QED) is 0.376. The van der Waals surface area contributed by atoms with Crippen LogP contribution in [-0.4, -0.2) is 19.0 Å². The van der Waals surface area contributed by atoms with Crippen LogP contribution in [0.15, 0.2) is 84.7 Å². The number of hydrazine groups is 1. The third-order valence-corrected chi connectivity index (χ3v) is 5.20. The molecule has 2 rings (SSSR count). The van der Waals surface area contributed by atoms with Crippen LogP contribution in [0.3, 0.4) is 0 Å². The monoisotopic (exact) mass is 429 g/mol. The third kappa shape index (κ3) is 5.58. The van der Waals surface area contributed by atoms with E-state index < -0.39 is 11.7 Å². The summed E-state index contributed by atoms with van der Waals surface area (Å²) < 4.78 is 39.8. The predicted molar refractivity (Wildman–Crippen MR) is 122 cm³/mol. The summed E-state index contributed by atoms with van der Waals surface area (Å²) in [5, 5.41) is 1.65. The molecule has 0 saturated carbocycles. The number of anilines is 1. The second-order valence-electron chi connectivity index (χ2n) is 7.55. The standard InChI is InChI=1S/C25H30F3N3/c1-8-30(7)24(20-14-12-18(4)13-15-20)23(17(2)3)19(5)31(29-6)22-11-9-10-21(16-22)25(26,27)28/h8-16,24,29H,1-2H2,3-7H3/b23-19-. The molecule has 0 heterocycles. The van der Waals surface area contributed by atoms with E-state index in [1.807, 2.05) is 57.0 Å². The zero-order valence-electron chi connectivity index (χ0n) is 18.7. The minimum atomic E-state index is -4.42. The zero-order chi connectivity index (χ0) is 23.3. The molecule has 6 heteroatoms. The van der Waals surface area contributed by atoms with Crippen LogP contribution in [0.4, 0.5) is 18.9 Å². The number of aryl methyl sites for hydroxylation is 1. The number of likely N-dealkylation sites (N-methyl/N-ethyl adjacent to an activating group) is 1. The maximum Gasteiger partial charge on any atom is 0.416 e. The summed E-state index contributed by atoms with van der Waals surface area (Å²) in [6.07, 6.45) is -2.69. The van der Waals surface area contributed by atoms with Gasteiger partial charge in [0.05, 0.1) is 17.3 Å². The van der Waals surface area contributed by atoms with Gasteiger partial charge < -0.3 is 4.90 Å². The third-order valence-electron chi connectivity index (χ3n) is 5.20. The first kappa shape index (κ1) is 24.3. The summed E-state index contributed by atoms with van der Waals surface area (Å²) >= 11 is 0. The van der Waals surface area contributed by atoms with Gasteiger partial charge in [0.25, 0.3) is 0 Å². The normalized spacial score (nSPS) is 13.3. The fourth-order valence-corrected chi connectivity index (χ4v) is 3.63. The molecule has 0 radical (unpaired) electrons. The van der Waals surface area contributed by atoms with Crippen molar-refractivity contribution in [1.29, 1.82) is 0 Å². The van der Waals surface area contributed by atoms with Crippen LogP contribution in [0.1, 0.15) is 36.6 Å². The van der Waals surface area contributed by atoms with Crippen LogP contribution >= 0.6 is 0 Å². The van der Waals surface area contributed by atoms with Crippen molar-refractivity contribution < 1.29 is 13.2 Å². The van der Waals surface area contributed by atoms with Gasteiger partial charge in [-0.25, -0.2) is 5.43 Å². The Bertz CT molecular complexity index is 959. The molecule has 1 atom stereocenters. The minimum Gasteiger partial charge on any atom is -0.370 e. The average molecular weight is 430 g/mol. The summed E-state index contributed by atoms with van der Waals surface area (Å²) in [5.74, 6) is 0. The molecule has 0 fully saturated rings. The molecule has 0 bridgehead atoms. The second kappa shape index (κ2) is 9.88. The Kier molecular flexibility index (Phi) is 7.74. The molecular weight excluding hydrogens is 399 g/mol. The van der Waals surface area contributed by atoms with Crippen LogP contribution in [0.2, 0.25) is 0 Å². The second-order valence-corrected chi connectivity index (χ2v) is 7.55. The van der Waals surface area contributed by atoms with Gasteiger partial charge >= 0.3 is 6.18 Å². The Morgan fingerprint density at radius 3 is 2.19 bits per heavy atom. The van der Waals surface area contributed by atoms with Crippen LogP contribution < -0.4 is 10.4 Å². The van der Waals surface area contributed by atoms with E-state index in [1.54, 1.807) is 24.3 Å². The lowest BCUT2D eigenvalue weighted by Crippen LogP contribution is -2.36. The molecule has 0 amide bonds. The van der Waals surface area contributed by atoms with Gasteiger partial charge in [0, 0.05) is 25.4 Å². The molecule has 0 aliphatic rings. The Labute approximate surface area is 183 Å². The maximum absolute atomic E-state index is 13.3. The summed E-state index contributed by atoms with van der Waals surface area (Å²) in [7, 11) is 3.60. The molecule has 3 nitrogen and oxygen atoms in total. The Hall–Kier alpha value is -2.99. The number of allylic oxidation sites excluding steroid dienone is 1. The summed E-state index contributed by atoms with van der Waals surface area (Å²) in [6.45, 7) is 13.9. The van der Waals surface area contributed by atoms with E-state index in [4.69, 9.17) is 0 Å². The van der Waals surface area contributed by atoms with E-state index in [2.05, 4.69) is 18.6 Å². The van der Waals surface area contributed by atoms with E-state index >= 15 is 0 Å². The molecule has 2 aromatic carbocycles. The Morgan fingerprint density at radius 1 is 1.10 bits per heavy atom.